The second kappa shape index (κ2) is 3.24. The van der Waals surface area contributed by atoms with Gasteiger partial charge in [-0.3, -0.25) is 0 Å². The average molecular weight is 225 g/mol. The lowest BCUT2D eigenvalue weighted by Gasteiger charge is -1.99. The fourth-order valence-electron chi connectivity index (χ4n) is 0.804. The second-order valence-corrected chi connectivity index (χ2v) is 5.31. The van der Waals surface area contributed by atoms with Crippen LogP contribution in [0.1, 0.15) is 5.56 Å². The van der Waals surface area contributed by atoms with Crippen molar-refractivity contribution in [3.8, 4) is 0 Å². The number of halogens is 2. The van der Waals surface area contributed by atoms with Crippen LogP contribution in [0.3, 0.4) is 0 Å². The van der Waals surface area contributed by atoms with E-state index >= 15 is 0 Å². The molecule has 2 nitrogen and oxygen atoms in total. The van der Waals surface area contributed by atoms with E-state index in [1.165, 1.54) is 6.07 Å². The maximum atomic E-state index is 10.8. The van der Waals surface area contributed by atoms with E-state index < -0.39 is 9.05 Å². The highest BCUT2D eigenvalue weighted by molar-refractivity contribution is 8.13. The summed E-state index contributed by atoms with van der Waals surface area (Å²) < 4.78 is 21.7. The molecular formula is C7H6Cl2O2S. The lowest BCUT2D eigenvalue weighted by Crippen LogP contribution is -1.91. The summed E-state index contributed by atoms with van der Waals surface area (Å²) in [5.41, 5.74) is 0.893. The Morgan fingerprint density at radius 3 is 2.33 bits per heavy atom. The molecule has 0 saturated heterocycles. The van der Waals surface area contributed by atoms with Crippen molar-refractivity contribution in [2.24, 2.45) is 0 Å². The molecule has 0 N–H and O–H groups in total. The first-order chi connectivity index (χ1) is 5.41. The monoisotopic (exact) mass is 224 g/mol. The highest BCUT2D eigenvalue weighted by Crippen LogP contribution is 2.25. The molecule has 0 aliphatic carbocycles. The first-order valence-corrected chi connectivity index (χ1v) is 5.81. The van der Waals surface area contributed by atoms with Gasteiger partial charge in [-0.25, -0.2) is 8.42 Å². The summed E-state index contributed by atoms with van der Waals surface area (Å²) in [4.78, 5) is -0.0450. The Balaban J connectivity index is 3.39. The van der Waals surface area contributed by atoms with Crippen LogP contribution in [0.4, 0.5) is 0 Å². The van der Waals surface area contributed by atoms with Gasteiger partial charge in [0.1, 0.15) is 4.90 Å². The van der Waals surface area contributed by atoms with Crippen molar-refractivity contribution in [3.63, 3.8) is 0 Å². The van der Waals surface area contributed by atoms with Gasteiger partial charge in [0.05, 0.1) is 5.02 Å². The zero-order chi connectivity index (χ0) is 9.35. The minimum atomic E-state index is -3.71. The molecule has 0 radical (unpaired) electrons. The molecule has 66 valence electrons. The van der Waals surface area contributed by atoms with Crippen molar-refractivity contribution >= 4 is 31.3 Å². The Bertz CT molecular complexity index is 398. The maximum Gasteiger partial charge on any atom is 0.262 e. The maximum absolute atomic E-state index is 10.8. The van der Waals surface area contributed by atoms with Gasteiger partial charge in [0, 0.05) is 10.7 Å². The minimum Gasteiger partial charge on any atom is -0.207 e. The molecule has 5 heteroatoms. The molecule has 1 rings (SSSR count). The van der Waals surface area contributed by atoms with Crippen molar-refractivity contribution in [1.82, 2.24) is 0 Å². The Morgan fingerprint density at radius 2 is 1.92 bits per heavy atom. The predicted molar refractivity (Wildman–Crippen MR) is 49.2 cm³/mol. The van der Waals surface area contributed by atoms with Crippen molar-refractivity contribution in [2.45, 2.75) is 11.8 Å². The van der Waals surface area contributed by atoms with E-state index in [1.807, 2.05) is 6.92 Å². The smallest absolute Gasteiger partial charge is 0.207 e. The molecule has 0 aromatic heterocycles. The van der Waals surface area contributed by atoms with Crippen LogP contribution in [0.15, 0.2) is 23.1 Å². The SMILES string of the molecule is Cc1ccc(S(=O)(=O)Cl)c(Cl)c1. The molecule has 1 aromatic rings. The van der Waals surface area contributed by atoms with Crippen LogP contribution < -0.4 is 0 Å². The number of hydrogen-bond donors (Lipinski definition) is 0. The van der Waals surface area contributed by atoms with Gasteiger partial charge in [-0.05, 0) is 24.6 Å². The molecule has 0 atom stereocenters. The number of rotatable bonds is 1. The number of hydrogen-bond acceptors (Lipinski definition) is 2. The average Bonchev–Trinajstić information content (AvgIpc) is 1.83. The van der Waals surface area contributed by atoms with Crippen LogP contribution >= 0.6 is 22.3 Å². The van der Waals surface area contributed by atoms with E-state index in [-0.39, 0.29) is 9.92 Å². The Morgan fingerprint density at radius 1 is 1.33 bits per heavy atom. The predicted octanol–water partition coefficient (Wildman–Crippen LogP) is 2.58. The summed E-state index contributed by atoms with van der Waals surface area (Å²) in [6, 6.07) is 4.58. The summed E-state index contributed by atoms with van der Waals surface area (Å²) >= 11 is 5.65. The molecule has 0 fully saturated rings. The topological polar surface area (TPSA) is 34.1 Å². The molecule has 0 amide bonds. The van der Waals surface area contributed by atoms with Crippen LogP contribution in [0.2, 0.25) is 5.02 Å². The van der Waals surface area contributed by atoms with Crippen molar-refractivity contribution in [3.05, 3.63) is 28.8 Å². The molecule has 1 aromatic carbocycles. The summed E-state index contributed by atoms with van der Waals surface area (Å²) in [5, 5.41) is 0.157. The zero-order valence-corrected chi connectivity index (χ0v) is 8.54. The van der Waals surface area contributed by atoms with E-state index in [1.54, 1.807) is 12.1 Å². The third-order valence-corrected chi connectivity index (χ3v) is 3.15. The Hall–Kier alpha value is -0.250. The third-order valence-electron chi connectivity index (χ3n) is 1.35. The second-order valence-electron chi connectivity index (χ2n) is 2.37. The summed E-state index contributed by atoms with van der Waals surface area (Å²) in [6.45, 7) is 1.82. The van der Waals surface area contributed by atoms with Gasteiger partial charge in [-0.2, -0.15) is 0 Å². The first-order valence-electron chi connectivity index (χ1n) is 3.12. The van der Waals surface area contributed by atoms with Crippen LogP contribution in [0.25, 0.3) is 0 Å². The van der Waals surface area contributed by atoms with Gasteiger partial charge in [0.15, 0.2) is 0 Å². The summed E-state index contributed by atoms with van der Waals surface area (Å²) in [5.74, 6) is 0. The Kier molecular flexibility index (Phi) is 2.66. The highest BCUT2D eigenvalue weighted by Gasteiger charge is 2.13. The van der Waals surface area contributed by atoms with Gasteiger partial charge < -0.3 is 0 Å². The largest absolute Gasteiger partial charge is 0.262 e. The van der Waals surface area contributed by atoms with Crippen LogP contribution in [-0.2, 0) is 9.05 Å². The molecule has 0 spiro atoms. The van der Waals surface area contributed by atoms with Gasteiger partial charge in [-0.1, -0.05) is 17.7 Å². The van der Waals surface area contributed by atoms with E-state index in [9.17, 15) is 8.42 Å². The fraction of sp³-hybridized carbons (Fsp3) is 0.143. The quantitative estimate of drug-likeness (QED) is 0.688. The van der Waals surface area contributed by atoms with Crippen molar-refractivity contribution in [2.75, 3.05) is 0 Å². The number of benzene rings is 1. The van der Waals surface area contributed by atoms with Gasteiger partial charge in [0.2, 0.25) is 0 Å². The number of aryl methyl sites for hydroxylation is 1. The fourth-order valence-corrected chi connectivity index (χ4v) is 2.39. The van der Waals surface area contributed by atoms with Crippen LogP contribution in [0.5, 0.6) is 0 Å². The van der Waals surface area contributed by atoms with E-state index in [4.69, 9.17) is 22.3 Å². The van der Waals surface area contributed by atoms with Crippen molar-refractivity contribution in [1.29, 1.82) is 0 Å². The molecule has 0 aliphatic rings. The van der Waals surface area contributed by atoms with Gasteiger partial charge >= 0.3 is 0 Å². The first kappa shape index (κ1) is 9.84. The molecule has 0 saturated carbocycles. The standard InChI is InChI=1S/C7H6Cl2O2S/c1-5-2-3-7(6(8)4-5)12(9,10)11/h2-4H,1H3. The van der Waals surface area contributed by atoms with Crippen LogP contribution in [-0.4, -0.2) is 8.42 Å². The summed E-state index contributed by atoms with van der Waals surface area (Å²) in [6.07, 6.45) is 0. The summed E-state index contributed by atoms with van der Waals surface area (Å²) in [7, 11) is 1.39. The molecule has 0 bridgehead atoms. The van der Waals surface area contributed by atoms with E-state index in [0.29, 0.717) is 0 Å². The van der Waals surface area contributed by atoms with Gasteiger partial charge in [-0.15, -0.1) is 0 Å². The van der Waals surface area contributed by atoms with E-state index in [2.05, 4.69) is 0 Å². The molecule has 0 aliphatic heterocycles. The third kappa shape index (κ3) is 2.12. The van der Waals surface area contributed by atoms with Gasteiger partial charge in [0.25, 0.3) is 9.05 Å². The lowest BCUT2D eigenvalue weighted by molar-refractivity contribution is 0.609. The van der Waals surface area contributed by atoms with Crippen molar-refractivity contribution < 1.29 is 8.42 Å². The lowest BCUT2D eigenvalue weighted by atomic mass is 10.2. The zero-order valence-electron chi connectivity index (χ0n) is 6.21. The highest BCUT2D eigenvalue weighted by atomic mass is 35.7. The minimum absolute atomic E-state index is 0.0450. The molecule has 12 heavy (non-hydrogen) atoms. The molecule has 0 unspecified atom stereocenters. The normalized spacial score (nSPS) is 11.6. The molecular weight excluding hydrogens is 219 g/mol. The Labute approximate surface area is 80.5 Å². The van der Waals surface area contributed by atoms with Crippen LogP contribution in [0, 0.1) is 6.92 Å². The molecule has 0 heterocycles. The van der Waals surface area contributed by atoms with E-state index in [0.717, 1.165) is 5.56 Å².